The molecule has 1 aliphatic heterocycles. The molecule has 11 heteroatoms. The average molecular weight is 600 g/mol. The summed E-state index contributed by atoms with van der Waals surface area (Å²) in [7, 11) is -3.52. The summed E-state index contributed by atoms with van der Waals surface area (Å²) in [5.74, 6) is -0.529. The Morgan fingerprint density at radius 2 is 1.90 bits per heavy atom. The Bertz CT molecular complexity index is 1500. The van der Waals surface area contributed by atoms with Gasteiger partial charge in [-0.1, -0.05) is 12.1 Å². The Morgan fingerprint density at radius 1 is 1.17 bits per heavy atom. The molecule has 9 nitrogen and oxygen atoms in total. The molecule has 1 saturated heterocycles. The first-order valence-electron chi connectivity index (χ1n) is 14.2. The van der Waals surface area contributed by atoms with Gasteiger partial charge in [-0.3, -0.25) is 9.69 Å². The van der Waals surface area contributed by atoms with E-state index in [1.54, 1.807) is 45.9 Å². The molecule has 2 fully saturated rings. The quantitative estimate of drug-likeness (QED) is 0.429. The Kier molecular flexibility index (Phi) is 9.16. The average Bonchev–Trinajstić information content (AvgIpc) is 3.52. The second kappa shape index (κ2) is 12.3. The van der Waals surface area contributed by atoms with Crippen LogP contribution in [0.5, 0.6) is 5.75 Å². The summed E-state index contributed by atoms with van der Waals surface area (Å²) in [5.41, 5.74) is 0.630. The lowest BCUT2D eigenvalue weighted by molar-refractivity contribution is -0.128. The molecule has 42 heavy (non-hydrogen) atoms. The molecule has 0 radical (unpaired) electrons. The third kappa shape index (κ3) is 7.21. The van der Waals surface area contributed by atoms with Crippen molar-refractivity contribution in [2.45, 2.75) is 88.4 Å². The molecular formula is C31H38FN3O6S. The molecular weight excluding hydrogens is 561 g/mol. The second-order valence-corrected chi connectivity index (χ2v) is 14.0. The van der Waals surface area contributed by atoms with Crippen LogP contribution >= 0.6 is 0 Å². The van der Waals surface area contributed by atoms with Gasteiger partial charge in [-0.25, -0.2) is 17.6 Å². The van der Waals surface area contributed by atoms with E-state index in [2.05, 4.69) is 11.4 Å². The molecule has 2 aromatic carbocycles. The van der Waals surface area contributed by atoms with E-state index < -0.39 is 45.3 Å². The maximum atomic E-state index is 15.2. The Hall–Kier alpha value is -3.65. The molecule has 4 unspecified atom stereocenters. The third-order valence-electron chi connectivity index (χ3n) is 7.64. The number of benzene rings is 2. The smallest absolute Gasteiger partial charge is 0.411 e. The summed E-state index contributed by atoms with van der Waals surface area (Å²) in [6.45, 7) is 7.45. The molecule has 2 aromatic rings. The van der Waals surface area contributed by atoms with Gasteiger partial charge in [0.15, 0.2) is 9.84 Å². The Labute approximate surface area is 246 Å². The normalized spacial score (nSPS) is 20.6. The number of nitrogens with one attached hydrogen (secondary N) is 1. The minimum Gasteiger partial charge on any atom is -0.494 e. The molecule has 2 aliphatic rings. The van der Waals surface area contributed by atoms with Gasteiger partial charge in [-0.15, -0.1) is 0 Å². The van der Waals surface area contributed by atoms with Crippen molar-refractivity contribution in [3.05, 3.63) is 47.8 Å². The standard InChI is InChI=1S/C31H38FN3O6S/c1-6-40-25-14-22(15-26(17-25)42(5,38)39)20-8-7-19(27(32)16-20)9-11-23(18-33)34-29(36)28-21-10-12-24(13-21)35(28)30(37)41-31(2,3)4/h7-8,14-17,21,23-24,28H,6,9-13H2,1-5H3,(H,34,36). The highest BCUT2D eigenvalue weighted by molar-refractivity contribution is 7.90. The number of hydrogen-bond acceptors (Lipinski definition) is 7. The highest BCUT2D eigenvalue weighted by Crippen LogP contribution is 2.43. The number of rotatable bonds is 9. The SMILES string of the molecule is CCOc1cc(-c2ccc(CCC(C#N)NC(=O)C3C4CCC(C4)N3C(=O)OC(C)(C)C)c(F)c2)cc(S(C)(=O)=O)c1. The molecule has 2 bridgehead atoms. The molecule has 0 aromatic heterocycles. The topological polar surface area (TPSA) is 126 Å². The van der Waals surface area contributed by atoms with E-state index in [0.29, 0.717) is 29.0 Å². The van der Waals surface area contributed by atoms with Gasteiger partial charge in [0, 0.05) is 12.3 Å². The largest absolute Gasteiger partial charge is 0.494 e. The lowest BCUT2D eigenvalue weighted by Gasteiger charge is -2.35. The number of carbonyl (C=O) groups excluding carboxylic acids is 2. The third-order valence-corrected chi connectivity index (χ3v) is 8.73. The number of amides is 2. The molecule has 1 saturated carbocycles. The van der Waals surface area contributed by atoms with Gasteiger partial charge in [-0.05, 0) is 107 Å². The van der Waals surface area contributed by atoms with Crippen LogP contribution in [0.1, 0.15) is 58.9 Å². The number of likely N-dealkylation sites (tertiary alicyclic amines) is 1. The van der Waals surface area contributed by atoms with E-state index in [-0.39, 0.29) is 29.7 Å². The Balaban J connectivity index is 1.44. The van der Waals surface area contributed by atoms with Crippen molar-refractivity contribution in [2.24, 2.45) is 5.92 Å². The van der Waals surface area contributed by atoms with Crippen LogP contribution in [0, 0.1) is 23.1 Å². The lowest BCUT2D eigenvalue weighted by atomic mass is 9.97. The van der Waals surface area contributed by atoms with Crippen LogP contribution in [-0.2, 0) is 25.8 Å². The Morgan fingerprint density at radius 3 is 2.52 bits per heavy atom. The minimum absolute atomic E-state index is 0.0105. The lowest BCUT2D eigenvalue weighted by Crippen LogP contribution is -2.55. The highest BCUT2D eigenvalue weighted by atomic mass is 32.2. The van der Waals surface area contributed by atoms with Crippen LogP contribution in [0.4, 0.5) is 9.18 Å². The summed E-state index contributed by atoms with van der Waals surface area (Å²) in [5, 5.41) is 12.5. The van der Waals surface area contributed by atoms with Crippen molar-refractivity contribution in [1.29, 1.82) is 5.26 Å². The fraction of sp³-hybridized carbons (Fsp3) is 0.516. The summed E-state index contributed by atoms with van der Waals surface area (Å²) in [4.78, 5) is 27.8. The van der Waals surface area contributed by atoms with E-state index in [4.69, 9.17) is 9.47 Å². The maximum absolute atomic E-state index is 15.2. The molecule has 1 heterocycles. The minimum atomic E-state index is -3.52. The number of ether oxygens (including phenoxy) is 2. The number of piperidine rings is 1. The van der Waals surface area contributed by atoms with Crippen LogP contribution < -0.4 is 10.1 Å². The van der Waals surface area contributed by atoms with Gasteiger partial charge in [0.25, 0.3) is 0 Å². The molecule has 4 rings (SSSR count). The second-order valence-electron chi connectivity index (χ2n) is 12.0. The maximum Gasteiger partial charge on any atom is 0.411 e. The number of carbonyl (C=O) groups is 2. The van der Waals surface area contributed by atoms with Gasteiger partial charge >= 0.3 is 6.09 Å². The number of hydrogen-bond donors (Lipinski definition) is 1. The van der Waals surface area contributed by atoms with Crippen LogP contribution in [0.3, 0.4) is 0 Å². The molecule has 2 amide bonds. The molecule has 226 valence electrons. The summed E-state index contributed by atoms with van der Waals surface area (Å²) in [6.07, 6.45) is 3.30. The zero-order chi connectivity index (χ0) is 30.8. The van der Waals surface area contributed by atoms with Gasteiger partial charge < -0.3 is 14.8 Å². The summed E-state index contributed by atoms with van der Waals surface area (Å²) in [6, 6.07) is 9.62. The van der Waals surface area contributed by atoms with Crippen molar-refractivity contribution in [2.75, 3.05) is 12.9 Å². The van der Waals surface area contributed by atoms with Crippen molar-refractivity contribution in [3.8, 4) is 22.9 Å². The predicted octanol–water partition coefficient (Wildman–Crippen LogP) is 5.02. The number of sulfone groups is 1. The fourth-order valence-corrected chi connectivity index (χ4v) is 6.43. The first-order chi connectivity index (χ1) is 19.7. The van der Waals surface area contributed by atoms with Gasteiger partial charge in [-0.2, -0.15) is 5.26 Å². The number of nitrogens with zero attached hydrogens (tertiary/aromatic N) is 2. The number of fused-ring (bicyclic) bond motifs is 2. The van der Waals surface area contributed by atoms with Crippen LogP contribution in [0.15, 0.2) is 41.3 Å². The van der Waals surface area contributed by atoms with Crippen LogP contribution in [0.25, 0.3) is 11.1 Å². The number of aryl methyl sites for hydroxylation is 1. The molecule has 4 atom stereocenters. The van der Waals surface area contributed by atoms with Crippen LogP contribution in [-0.4, -0.2) is 61.9 Å². The first kappa shape index (κ1) is 31.3. The predicted molar refractivity (Wildman–Crippen MR) is 155 cm³/mol. The monoisotopic (exact) mass is 599 g/mol. The van der Waals surface area contributed by atoms with Gasteiger partial charge in [0.1, 0.15) is 29.3 Å². The van der Waals surface area contributed by atoms with Crippen molar-refractivity contribution in [3.63, 3.8) is 0 Å². The van der Waals surface area contributed by atoms with E-state index in [9.17, 15) is 23.3 Å². The number of halogens is 1. The fourth-order valence-electron chi connectivity index (χ4n) is 5.76. The van der Waals surface area contributed by atoms with Crippen molar-refractivity contribution < 1.29 is 31.9 Å². The number of nitriles is 1. The first-order valence-corrected chi connectivity index (χ1v) is 16.1. The summed E-state index contributed by atoms with van der Waals surface area (Å²) >= 11 is 0. The molecule has 0 spiro atoms. The molecule has 1 N–H and O–H groups in total. The van der Waals surface area contributed by atoms with Crippen LogP contribution in [0.2, 0.25) is 0 Å². The van der Waals surface area contributed by atoms with Gasteiger partial charge in [0.2, 0.25) is 5.91 Å². The highest BCUT2D eigenvalue weighted by Gasteiger charge is 2.52. The van der Waals surface area contributed by atoms with E-state index in [0.717, 1.165) is 25.5 Å². The van der Waals surface area contributed by atoms with E-state index in [1.807, 2.05) is 0 Å². The van der Waals surface area contributed by atoms with Crippen molar-refractivity contribution in [1.82, 2.24) is 10.2 Å². The van der Waals surface area contributed by atoms with Crippen molar-refractivity contribution >= 4 is 21.8 Å². The zero-order valence-corrected chi connectivity index (χ0v) is 25.5. The van der Waals surface area contributed by atoms with E-state index in [1.165, 1.54) is 23.1 Å². The van der Waals surface area contributed by atoms with E-state index >= 15 is 4.39 Å². The van der Waals surface area contributed by atoms with Gasteiger partial charge in [0.05, 0.1) is 17.6 Å². The zero-order valence-electron chi connectivity index (χ0n) is 24.6. The summed E-state index contributed by atoms with van der Waals surface area (Å²) < 4.78 is 50.6. The molecule has 1 aliphatic carbocycles.